The fourth-order valence-corrected chi connectivity index (χ4v) is 6.33. The number of alkyl halides is 3. The Balaban J connectivity index is 1.31. The number of hydrogen-bond acceptors (Lipinski definition) is 5. The second-order valence-electron chi connectivity index (χ2n) is 8.37. The molecule has 4 aliphatic rings. The Bertz CT molecular complexity index is 1130. The largest absolute Gasteiger partial charge is 0.445 e. The van der Waals surface area contributed by atoms with Crippen LogP contribution in [0.3, 0.4) is 0 Å². The molecule has 0 radical (unpaired) electrons. The molecule has 0 N–H and O–H groups in total. The molecule has 6 rings (SSSR count). The van der Waals surface area contributed by atoms with E-state index in [1.54, 1.807) is 17.0 Å². The van der Waals surface area contributed by atoms with Gasteiger partial charge in [-0.05, 0) is 35.7 Å². The van der Waals surface area contributed by atoms with Crippen LogP contribution in [-0.2, 0) is 17.5 Å². The van der Waals surface area contributed by atoms with E-state index in [9.17, 15) is 18.0 Å². The highest BCUT2D eigenvalue weighted by molar-refractivity contribution is 8.01. The highest BCUT2D eigenvalue weighted by Gasteiger charge is 2.52. The summed E-state index contributed by atoms with van der Waals surface area (Å²) in [5.74, 6) is 0.174. The van der Waals surface area contributed by atoms with Gasteiger partial charge in [0.05, 0.1) is 23.2 Å². The molecule has 2 saturated heterocycles. The van der Waals surface area contributed by atoms with Crippen LogP contribution in [0.2, 0.25) is 0 Å². The predicted octanol–water partition coefficient (Wildman–Crippen LogP) is 5.24. The van der Waals surface area contributed by atoms with E-state index in [0.29, 0.717) is 18.8 Å². The standard InChI is InChI=1S/C24H20F3N3O2S/c25-24(26,27)20-10-18(8-6-16(20)11-28)30-13-19-21-9-7-17(22(19)33-30)12-29(21)23(31)32-14-15-4-2-1-3-5-15/h1-10,17,19,21-22H,12-14H2/t17-,19+,21-,22-/m0/s1. The van der Waals surface area contributed by atoms with Crippen LogP contribution in [0.15, 0.2) is 60.7 Å². The predicted molar refractivity (Wildman–Crippen MR) is 118 cm³/mol. The number of ether oxygens (including phenoxy) is 1. The Labute approximate surface area is 193 Å². The maximum atomic E-state index is 13.4. The van der Waals surface area contributed by atoms with E-state index < -0.39 is 11.7 Å². The van der Waals surface area contributed by atoms with E-state index in [4.69, 9.17) is 10.00 Å². The molecule has 0 spiro atoms. The lowest BCUT2D eigenvalue weighted by Gasteiger charge is -2.46. The zero-order chi connectivity index (χ0) is 23.2. The van der Waals surface area contributed by atoms with E-state index in [1.807, 2.05) is 40.7 Å². The fraction of sp³-hybridized carbons (Fsp3) is 0.333. The highest BCUT2D eigenvalue weighted by Crippen LogP contribution is 2.50. The van der Waals surface area contributed by atoms with E-state index >= 15 is 0 Å². The first kappa shape index (κ1) is 21.7. The highest BCUT2D eigenvalue weighted by atomic mass is 32.2. The molecule has 9 heteroatoms. The number of carbonyl (C=O) groups excluding carboxylic acids is 1. The Kier molecular flexibility index (Phi) is 5.49. The quantitative estimate of drug-likeness (QED) is 0.453. The average molecular weight is 472 g/mol. The van der Waals surface area contributed by atoms with Crippen molar-refractivity contribution in [1.29, 1.82) is 5.26 Å². The summed E-state index contributed by atoms with van der Waals surface area (Å²) >= 11 is 1.52. The Morgan fingerprint density at radius 2 is 1.94 bits per heavy atom. The number of rotatable bonds is 3. The number of hydrogen-bond donors (Lipinski definition) is 0. The zero-order valence-corrected chi connectivity index (χ0v) is 18.2. The minimum absolute atomic E-state index is 0.0769. The number of halogens is 3. The number of nitriles is 1. The first-order valence-electron chi connectivity index (χ1n) is 10.6. The van der Waals surface area contributed by atoms with Gasteiger partial charge in [-0.2, -0.15) is 18.4 Å². The number of amides is 1. The second-order valence-corrected chi connectivity index (χ2v) is 9.56. The Morgan fingerprint density at radius 3 is 2.67 bits per heavy atom. The summed E-state index contributed by atoms with van der Waals surface area (Å²) in [7, 11) is 0. The monoisotopic (exact) mass is 471 g/mol. The van der Waals surface area contributed by atoms with Gasteiger partial charge >= 0.3 is 12.3 Å². The summed E-state index contributed by atoms with van der Waals surface area (Å²) in [6, 6.07) is 14.7. The molecule has 4 atom stereocenters. The molecular weight excluding hydrogens is 451 g/mol. The lowest BCUT2D eigenvalue weighted by molar-refractivity contribution is -0.137. The van der Waals surface area contributed by atoms with Gasteiger partial charge in [0.1, 0.15) is 6.61 Å². The first-order valence-corrected chi connectivity index (χ1v) is 11.4. The number of fused-ring (bicyclic) bond motifs is 1. The topological polar surface area (TPSA) is 56.6 Å². The van der Waals surface area contributed by atoms with Crippen molar-refractivity contribution in [1.82, 2.24) is 4.90 Å². The van der Waals surface area contributed by atoms with Crippen molar-refractivity contribution in [2.75, 3.05) is 17.4 Å². The maximum Gasteiger partial charge on any atom is 0.417 e. The number of piperidine rings is 1. The van der Waals surface area contributed by atoms with E-state index in [0.717, 1.165) is 11.6 Å². The first-order chi connectivity index (χ1) is 15.8. The van der Waals surface area contributed by atoms with Crippen molar-refractivity contribution >= 4 is 23.7 Å². The van der Waals surface area contributed by atoms with Gasteiger partial charge in [0.25, 0.3) is 0 Å². The summed E-state index contributed by atoms with van der Waals surface area (Å²) in [5.41, 5.74) is 0.00997. The second kappa shape index (κ2) is 8.34. The molecule has 2 fully saturated rings. The van der Waals surface area contributed by atoms with Gasteiger partial charge in [0.15, 0.2) is 0 Å². The normalized spacial score (nSPS) is 25.6. The molecule has 2 aromatic carbocycles. The smallest absolute Gasteiger partial charge is 0.417 e. The van der Waals surface area contributed by atoms with Crippen molar-refractivity contribution < 1.29 is 22.7 Å². The summed E-state index contributed by atoms with van der Waals surface area (Å²) in [4.78, 5) is 14.6. The van der Waals surface area contributed by atoms with Gasteiger partial charge in [-0.25, -0.2) is 4.79 Å². The van der Waals surface area contributed by atoms with Crippen LogP contribution in [0.25, 0.3) is 0 Å². The van der Waals surface area contributed by atoms with Crippen LogP contribution in [0.5, 0.6) is 0 Å². The van der Waals surface area contributed by atoms with Crippen LogP contribution in [0.1, 0.15) is 16.7 Å². The fourth-order valence-electron chi connectivity index (χ4n) is 4.80. The summed E-state index contributed by atoms with van der Waals surface area (Å²) in [5, 5.41) is 9.23. The van der Waals surface area contributed by atoms with Crippen LogP contribution in [0, 0.1) is 23.2 Å². The molecule has 3 heterocycles. The van der Waals surface area contributed by atoms with Crippen molar-refractivity contribution in [2.24, 2.45) is 11.8 Å². The summed E-state index contributed by atoms with van der Waals surface area (Å²) < 4.78 is 47.7. The van der Waals surface area contributed by atoms with Gasteiger partial charge in [-0.1, -0.05) is 42.5 Å². The number of carbonyl (C=O) groups is 1. The van der Waals surface area contributed by atoms with Crippen molar-refractivity contribution in [3.05, 3.63) is 77.4 Å². The maximum absolute atomic E-state index is 13.4. The molecule has 2 aromatic rings. The Hall–Kier alpha value is -3.12. The molecule has 0 unspecified atom stereocenters. The lowest BCUT2D eigenvalue weighted by atomic mass is 9.77. The molecular formula is C24H20F3N3O2S. The minimum atomic E-state index is -4.60. The molecule has 5 nitrogen and oxygen atoms in total. The Morgan fingerprint density at radius 1 is 1.15 bits per heavy atom. The van der Waals surface area contributed by atoms with Crippen LogP contribution < -0.4 is 4.31 Å². The molecule has 2 bridgehead atoms. The van der Waals surface area contributed by atoms with Crippen LogP contribution >= 0.6 is 11.9 Å². The zero-order valence-electron chi connectivity index (χ0n) is 17.4. The van der Waals surface area contributed by atoms with Crippen molar-refractivity contribution in [3.63, 3.8) is 0 Å². The molecule has 170 valence electrons. The van der Waals surface area contributed by atoms with E-state index in [-0.39, 0.29) is 41.4 Å². The van der Waals surface area contributed by atoms with Crippen molar-refractivity contribution in [3.8, 4) is 6.07 Å². The number of benzene rings is 2. The third-order valence-corrected chi connectivity index (χ3v) is 7.94. The summed E-state index contributed by atoms with van der Waals surface area (Å²) in [6.07, 6.45) is -0.859. The van der Waals surface area contributed by atoms with E-state index in [2.05, 4.69) is 6.08 Å². The van der Waals surface area contributed by atoms with Gasteiger partial charge in [-0.3, -0.25) is 0 Å². The van der Waals surface area contributed by atoms with Crippen molar-refractivity contribution in [2.45, 2.75) is 24.1 Å². The molecule has 1 aliphatic carbocycles. The average Bonchev–Trinajstić information content (AvgIpc) is 3.30. The number of anilines is 1. The number of nitrogens with zero attached hydrogens (tertiary/aromatic N) is 3. The molecule has 0 aromatic heterocycles. The molecule has 1 amide bonds. The third-order valence-electron chi connectivity index (χ3n) is 6.39. The SMILES string of the molecule is N#Cc1ccc(N2C[C@H]3[C@@H](S2)[C@H]2C=C[C@@H]3N(C(=O)OCc3ccccc3)C2)cc1C(F)(F)F. The minimum Gasteiger partial charge on any atom is -0.445 e. The van der Waals surface area contributed by atoms with E-state index in [1.165, 1.54) is 18.0 Å². The summed E-state index contributed by atoms with van der Waals surface area (Å²) in [6.45, 7) is 1.22. The third kappa shape index (κ3) is 4.04. The van der Waals surface area contributed by atoms with Gasteiger partial charge in [0.2, 0.25) is 0 Å². The van der Waals surface area contributed by atoms with Crippen LogP contribution in [-0.4, -0.2) is 35.4 Å². The van der Waals surface area contributed by atoms with Gasteiger partial charge < -0.3 is 13.9 Å². The van der Waals surface area contributed by atoms with Gasteiger partial charge in [-0.15, -0.1) is 0 Å². The molecule has 3 aliphatic heterocycles. The molecule has 0 saturated carbocycles. The molecule has 33 heavy (non-hydrogen) atoms. The van der Waals surface area contributed by atoms with Gasteiger partial charge in [0, 0.05) is 35.9 Å². The van der Waals surface area contributed by atoms with Crippen LogP contribution in [0.4, 0.5) is 23.7 Å². The lowest BCUT2D eigenvalue weighted by Crippen LogP contribution is -2.57.